The van der Waals surface area contributed by atoms with Crippen molar-refractivity contribution in [3.63, 3.8) is 0 Å². The van der Waals surface area contributed by atoms with Crippen LogP contribution in [0.5, 0.6) is 0 Å². The number of ether oxygens (including phenoxy) is 4. The van der Waals surface area contributed by atoms with Crippen molar-refractivity contribution in [1.29, 1.82) is 0 Å². The van der Waals surface area contributed by atoms with E-state index < -0.39 is 54.2 Å². The summed E-state index contributed by atoms with van der Waals surface area (Å²) in [6.07, 6.45) is -4.20. The Hall–Kier alpha value is -2.16. The second-order valence-electron chi connectivity index (χ2n) is 5.92. The first-order valence-corrected chi connectivity index (χ1v) is 8.67. The summed E-state index contributed by atoms with van der Waals surface area (Å²) in [6, 6.07) is 0. The van der Waals surface area contributed by atoms with Crippen LogP contribution in [0.1, 0.15) is 47.0 Å². The van der Waals surface area contributed by atoms with Crippen LogP contribution in [0.15, 0.2) is 0 Å². The van der Waals surface area contributed by atoms with Crippen molar-refractivity contribution in [2.75, 3.05) is 6.61 Å². The summed E-state index contributed by atoms with van der Waals surface area (Å²) in [5, 5.41) is 9.29. The number of hydrogen-bond donors (Lipinski definition) is 1. The molecule has 1 N–H and O–H groups in total. The molecule has 0 spiro atoms. The standard InChI is InChI=1S/C17H26O9/c1-5-11(18)24-10-8-23-14(9(4)17(21)22)16(26-13(20)7-3)15(10)25-12(19)6-2/h9-10,14-16H,5-8H2,1-4H3,(H,21,22)/t9?,10-,14?,15+,16?/m1/s1. The van der Waals surface area contributed by atoms with Gasteiger partial charge in [0, 0.05) is 19.3 Å². The van der Waals surface area contributed by atoms with Crippen LogP contribution in [0.25, 0.3) is 0 Å². The lowest BCUT2D eigenvalue weighted by Gasteiger charge is -2.42. The zero-order valence-electron chi connectivity index (χ0n) is 15.4. The minimum Gasteiger partial charge on any atom is -0.481 e. The van der Waals surface area contributed by atoms with Gasteiger partial charge in [-0.25, -0.2) is 0 Å². The first-order valence-electron chi connectivity index (χ1n) is 8.67. The summed E-state index contributed by atoms with van der Waals surface area (Å²) in [7, 11) is 0. The monoisotopic (exact) mass is 374 g/mol. The SMILES string of the molecule is CCC(=O)OC1C(C(C)C(=O)O)OC[C@@H](OC(=O)CC)[C@@H]1OC(=O)CC. The number of hydrogen-bond acceptors (Lipinski definition) is 8. The molecule has 1 fully saturated rings. The highest BCUT2D eigenvalue weighted by Gasteiger charge is 2.50. The van der Waals surface area contributed by atoms with E-state index in [9.17, 15) is 24.3 Å². The maximum atomic E-state index is 11.8. The summed E-state index contributed by atoms with van der Waals surface area (Å²) >= 11 is 0. The molecular formula is C17H26O9. The molecule has 0 amide bonds. The molecule has 1 aliphatic rings. The number of rotatable bonds is 8. The van der Waals surface area contributed by atoms with Crippen LogP contribution < -0.4 is 0 Å². The van der Waals surface area contributed by atoms with Gasteiger partial charge in [-0.1, -0.05) is 20.8 Å². The van der Waals surface area contributed by atoms with Gasteiger partial charge >= 0.3 is 23.9 Å². The molecule has 3 unspecified atom stereocenters. The summed E-state index contributed by atoms with van der Waals surface area (Å²) in [5.41, 5.74) is 0. The van der Waals surface area contributed by atoms with E-state index in [0.29, 0.717) is 0 Å². The first kappa shape index (κ1) is 21.9. The Kier molecular flexibility index (Phi) is 8.50. The highest BCUT2D eigenvalue weighted by atomic mass is 16.6. The second-order valence-corrected chi connectivity index (χ2v) is 5.92. The van der Waals surface area contributed by atoms with Crippen molar-refractivity contribution >= 4 is 23.9 Å². The molecule has 0 radical (unpaired) electrons. The highest BCUT2D eigenvalue weighted by molar-refractivity contribution is 5.72. The smallest absolute Gasteiger partial charge is 0.309 e. The van der Waals surface area contributed by atoms with Crippen LogP contribution in [0.4, 0.5) is 0 Å². The van der Waals surface area contributed by atoms with Crippen LogP contribution >= 0.6 is 0 Å². The Bertz CT molecular complexity index is 530. The number of carbonyl (C=O) groups excluding carboxylic acids is 3. The van der Waals surface area contributed by atoms with Crippen molar-refractivity contribution < 1.29 is 43.2 Å². The van der Waals surface area contributed by atoms with E-state index in [0.717, 1.165) is 0 Å². The summed E-state index contributed by atoms with van der Waals surface area (Å²) in [6.45, 7) is 5.98. The molecule has 5 atom stereocenters. The molecule has 1 rings (SSSR count). The van der Waals surface area contributed by atoms with Crippen molar-refractivity contribution in [2.45, 2.75) is 71.4 Å². The van der Waals surface area contributed by atoms with Crippen molar-refractivity contribution in [1.82, 2.24) is 0 Å². The minimum atomic E-state index is -1.20. The molecule has 9 nitrogen and oxygen atoms in total. The van der Waals surface area contributed by atoms with E-state index in [4.69, 9.17) is 18.9 Å². The van der Waals surface area contributed by atoms with Gasteiger partial charge in [0.2, 0.25) is 0 Å². The Morgan fingerprint density at radius 2 is 1.38 bits per heavy atom. The van der Waals surface area contributed by atoms with Crippen LogP contribution in [0.2, 0.25) is 0 Å². The topological polar surface area (TPSA) is 125 Å². The van der Waals surface area contributed by atoms with Crippen LogP contribution in [-0.4, -0.2) is 60.0 Å². The largest absolute Gasteiger partial charge is 0.481 e. The molecule has 148 valence electrons. The lowest BCUT2D eigenvalue weighted by Crippen LogP contribution is -2.60. The molecule has 9 heteroatoms. The highest BCUT2D eigenvalue weighted by Crippen LogP contribution is 2.29. The minimum absolute atomic E-state index is 0.0402. The number of carboxylic acids is 1. The number of aliphatic carboxylic acids is 1. The normalized spacial score (nSPS) is 26.5. The van der Waals surface area contributed by atoms with Crippen molar-refractivity contribution in [3.8, 4) is 0 Å². The molecule has 1 heterocycles. The van der Waals surface area contributed by atoms with Crippen molar-refractivity contribution in [3.05, 3.63) is 0 Å². The number of esters is 3. The molecule has 1 aliphatic heterocycles. The molecule has 26 heavy (non-hydrogen) atoms. The summed E-state index contributed by atoms with van der Waals surface area (Å²) in [4.78, 5) is 46.7. The first-order chi connectivity index (χ1) is 12.2. The van der Waals surface area contributed by atoms with Crippen LogP contribution in [0, 0.1) is 5.92 Å². The molecule has 0 aromatic carbocycles. The van der Waals surface area contributed by atoms with E-state index >= 15 is 0 Å². The fourth-order valence-electron chi connectivity index (χ4n) is 2.46. The second kappa shape index (κ2) is 10.1. The zero-order chi connectivity index (χ0) is 19.9. The van der Waals surface area contributed by atoms with Gasteiger partial charge in [-0.2, -0.15) is 0 Å². The zero-order valence-corrected chi connectivity index (χ0v) is 15.4. The predicted octanol–water partition coefficient (Wildman–Crippen LogP) is 1.07. The lowest BCUT2D eigenvalue weighted by atomic mass is 9.91. The van der Waals surface area contributed by atoms with Gasteiger partial charge < -0.3 is 24.1 Å². The molecule has 1 saturated heterocycles. The van der Waals surface area contributed by atoms with Gasteiger partial charge in [0.05, 0.1) is 12.5 Å². The number of carboxylic acid groups (broad SMARTS) is 1. The van der Waals surface area contributed by atoms with Gasteiger partial charge in [0.1, 0.15) is 6.10 Å². The quantitative estimate of drug-likeness (QED) is 0.490. The average Bonchev–Trinajstić information content (AvgIpc) is 2.62. The fourth-order valence-corrected chi connectivity index (χ4v) is 2.46. The Morgan fingerprint density at radius 1 is 0.923 bits per heavy atom. The van der Waals surface area contributed by atoms with Gasteiger partial charge in [-0.15, -0.1) is 0 Å². The van der Waals surface area contributed by atoms with Crippen LogP contribution in [-0.2, 0) is 38.1 Å². The van der Waals surface area contributed by atoms with E-state index in [1.165, 1.54) is 6.92 Å². The molecule has 0 aliphatic carbocycles. The van der Waals surface area contributed by atoms with Gasteiger partial charge in [-0.05, 0) is 6.92 Å². The Balaban J connectivity index is 3.19. The predicted molar refractivity (Wildman–Crippen MR) is 87.1 cm³/mol. The Morgan fingerprint density at radius 3 is 1.85 bits per heavy atom. The van der Waals surface area contributed by atoms with E-state index in [2.05, 4.69) is 0 Å². The molecule has 0 aromatic heterocycles. The molecular weight excluding hydrogens is 348 g/mol. The van der Waals surface area contributed by atoms with Crippen LogP contribution in [0.3, 0.4) is 0 Å². The lowest BCUT2D eigenvalue weighted by molar-refractivity contribution is -0.234. The van der Waals surface area contributed by atoms with E-state index in [1.54, 1.807) is 20.8 Å². The van der Waals surface area contributed by atoms with Crippen molar-refractivity contribution in [2.24, 2.45) is 5.92 Å². The average molecular weight is 374 g/mol. The van der Waals surface area contributed by atoms with Gasteiger partial charge in [0.25, 0.3) is 0 Å². The van der Waals surface area contributed by atoms with E-state index in [1.807, 2.05) is 0 Å². The van der Waals surface area contributed by atoms with Gasteiger partial charge in [0.15, 0.2) is 18.3 Å². The third-order valence-electron chi connectivity index (χ3n) is 4.03. The van der Waals surface area contributed by atoms with Gasteiger partial charge in [-0.3, -0.25) is 19.2 Å². The maximum Gasteiger partial charge on any atom is 0.309 e. The molecule has 0 bridgehead atoms. The summed E-state index contributed by atoms with van der Waals surface area (Å²) in [5.74, 6) is -3.93. The third kappa shape index (κ3) is 5.69. The Labute approximate surface area is 151 Å². The molecule has 0 saturated carbocycles. The third-order valence-corrected chi connectivity index (χ3v) is 4.03. The fraction of sp³-hybridized carbons (Fsp3) is 0.765. The maximum absolute atomic E-state index is 11.8. The molecule has 0 aromatic rings. The summed E-state index contributed by atoms with van der Waals surface area (Å²) < 4.78 is 21.5. The van der Waals surface area contributed by atoms with E-state index in [-0.39, 0.29) is 25.9 Å². The number of carbonyl (C=O) groups is 4.